The van der Waals surface area contributed by atoms with Crippen LogP contribution in [-0.4, -0.2) is 22.9 Å². The van der Waals surface area contributed by atoms with Crippen molar-refractivity contribution in [2.24, 2.45) is 5.73 Å². The molecule has 0 saturated heterocycles. The summed E-state index contributed by atoms with van der Waals surface area (Å²) in [4.78, 5) is 10.6. The van der Waals surface area contributed by atoms with Crippen molar-refractivity contribution in [3.8, 4) is 5.75 Å². The van der Waals surface area contributed by atoms with Crippen LogP contribution in [0.2, 0.25) is 0 Å². The molecule has 0 aliphatic heterocycles. The summed E-state index contributed by atoms with van der Waals surface area (Å²) >= 11 is 0. The van der Waals surface area contributed by atoms with E-state index in [0.29, 0.717) is 0 Å². The van der Waals surface area contributed by atoms with Gasteiger partial charge in [-0.25, -0.2) is 13.6 Å². The normalized spacial score (nSPS) is 11.7. The maximum atomic E-state index is 13.1. The molecule has 0 aliphatic rings. The van der Waals surface area contributed by atoms with E-state index in [4.69, 9.17) is 10.8 Å². The topological polar surface area (TPSA) is 83.6 Å². The van der Waals surface area contributed by atoms with E-state index in [1.807, 2.05) is 0 Å². The summed E-state index contributed by atoms with van der Waals surface area (Å²) in [6.45, 7) is -1.09. The monoisotopic (exact) mass is 253 g/mol. The average Bonchev–Trinajstić information content (AvgIpc) is 2.16. The van der Waals surface area contributed by atoms with E-state index in [-0.39, 0.29) is 12.4 Å². The fraction of sp³-hybridized carbons (Fsp3) is 0.222. The predicted octanol–water partition coefficient (Wildman–Crippen LogP) is 1.62. The van der Waals surface area contributed by atoms with Crippen molar-refractivity contribution in [1.29, 1.82) is 0 Å². The third kappa shape index (κ3) is 2.59. The van der Waals surface area contributed by atoms with E-state index in [1.165, 1.54) is 0 Å². The van der Waals surface area contributed by atoms with Crippen LogP contribution in [0.15, 0.2) is 12.1 Å². The number of carboxylic acids is 1. The van der Waals surface area contributed by atoms with Gasteiger partial charge in [0.15, 0.2) is 0 Å². The van der Waals surface area contributed by atoms with Gasteiger partial charge in [-0.1, -0.05) is 0 Å². The Kier molecular flexibility index (Phi) is 5.13. The zero-order chi connectivity index (χ0) is 11.6. The minimum absolute atomic E-state index is 0. The number of carboxylic acid groups (broad SMARTS) is 1. The maximum absolute atomic E-state index is 13.1. The molecule has 1 rings (SSSR count). The molecule has 4 N–H and O–H groups in total. The van der Waals surface area contributed by atoms with Crippen molar-refractivity contribution in [2.45, 2.75) is 6.04 Å². The number of rotatable bonds is 3. The Hall–Kier alpha value is -1.40. The van der Waals surface area contributed by atoms with E-state index < -0.39 is 41.4 Å². The Morgan fingerprint density at radius 2 is 2.06 bits per heavy atom. The van der Waals surface area contributed by atoms with Crippen molar-refractivity contribution >= 4 is 18.4 Å². The molecular formula is C9H10ClF2NO3. The van der Waals surface area contributed by atoms with E-state index in [0.717, 1.165) is 12.1 Å². The third-order valence-electron chi connectivity index (χ3n) is 1.93. The number of nitrogens with two attached hydrogens (primary N) is 1. The van der Waals surface area contributed by atoms with Crippen LogP contribution in [0.1, 0.15) is 22.0 Å². The Bertz CT molecular complexity index is 401. The number of alkyl halides is 1. The lowest BCUT2D eigenvalue weighted by molar-refractivity contribution is 0.0693. The summed E-state index contributed by atoms with van der Waals surface area (Å²) in [6, 6.07) is 0.347. The molecule has 7 heteroatoms. The summed E-state index contributed by atoms with van der Waals surface area (Å²) in [5, 5.41) is 18.0. The van der Waals surface area contributed by atoms with Crippen LogP contribution < -0.4 is 5.73 Å². The molecule has 0 aromatic heterocycles. The molecule has 0 fully saturated rings. The molecule has 0 radical (unpaired) electrons. The number of aromatic carboxylic acids is 1. The lowest BCUT2D eigenvalue weighted by Gasteiger charge is -2.12. The Balaban J connectivity index is 0.00000225. The summed E-state index contributed by atoms with van der Waals surface area (Å²) < 4.78 is 25.3. The summed E-state index contributed by atoms with van der Waals surface area (Å²) in [7, 11) is 0. The summed E-state index contributed by atoms with van der Waals surface area (Å²) in [5.41, 5.74) is 4.18. The number of phenols is 1. The molecule has 1 aromatic rings. The molecule has 0 amide bonds. The zero-order valence-corrected chi connectivity index (χ0v) is 8.80. The number of benzene rings is 1. The average molecular weight is 254 g/mol. The summed E-state index contributed by atoms with van der Waals surface area (Å²) in [5.74, 6) is -3.19. The molecule has 16 heavy (non-hydrogen) atoms. The van der Waals surface area contributed by atoms with Crippen molar-refractivity contribution in [1.82, 2.24) is 0 Å². The van der Waals surface area contributed by atoms with Gasteiger partial charge in [0.1, 0.15) is 23.8 Å². The number of aromatic hydroxyl groups is 1. The highest BCUT2D eigenvalue weighted by Crippen LogP contribution is 2.29. The van der Waals surface area contributed by atoms with Gasteiger partial charge in [-0.15, -0.1) is 12.4 Å². The molecule has 0 spiro atoms. The molecule has 1 atom stereocenters. The minimum Gasteiger partial charge on any atom is -0.507 e. The van der Waals surface area contributed by atoms with Crippen LogP contribution in [-0.2, 0) is 0 Å². The number of hydrogen-bond donors (Lipinski definition) is 3. The van der Waals surface area contributed by atoms with Gasteiger partial charge < -0.3 is 15.9 Å². The maximum Gasteiger partial charge on any atom is 0.339 e. The van der Waals surface area contributed by atoms with Crippen LogP contribution in [0.4, 0.5) is 8.78 Å². The van der Waals surface area contributed by atoms with Gasteiger partial charge in [-0.2, -0.15) is 0 Å². The predicted molar refractivity (Wildman–Crippen MR) is 55.2 cm³/mol. The first-order valence-corrected chi connectivity index (χ1v) is 4.05. The SMILES string of the molecule is Cl.N[C@H](CF)c1c(F)ccc(C(=O)O)c1O. The summed E-state index contributed by atoms with van der Waals surface area (Å²) in [6.07, 6.45) is 0. The third-order valence-corrected chi connectivity index (χ3v) is 1.93. The lowest BCUT2D eigenvalue weighted by Crippen LogP contribution is -2.15. The van der Waals surface area contributed by atoms with E-state index in [9.17, 15) is 18.7 Å². The molecule has 0 heterocycles. The molecule has 0 aliphatic carbocycles. The Morgan fingerprint density at radius 1 is 1.50 bits per heavy atom. The van der Waals surface area contributed by atoms with Crippen LogP contribution in [0.25, 0.3) is 0 Å². The van der Waals surface area contributed by atoms with Crippen LogP contribution in [0.5, 0.6) is 5.75 Å². The van der Waals surface area contributed by atoms with Crippen molar-refractivity contribution < 1.29 is 23.8 Å². The number of halogens is 3. The zero-order valence-electron chi connectivity index (χ0n) is 7.98. The van der Waals surface area contributed by atoms with Gasteiger partial charge in [0, 0.05) is 5.56 Å². The van der Waals surface area contributed by atoms with Gasteiger partial charge in [-0.05, 0) is 12.1 Å². The molecule has 1 aromatic carbocycles. The minimum atomic E-state index is -1.43. The van der Waals surface area contributed by atoms with E-state index in [2.05, 4.69) is 0 Å². The van der Waals surface area contributed by atoms with Gasteiger partial charge in [0.05, 0.1) is 6.04 Å². The second kappa shape index (κ2) is 5.62. The second-order valence-corrected chi connectivity index (χ2v) is 2.92. The Morgan fingerprint density at radius 3 is 2.50 bits per heavy atom. The quantitative estimate of drug-likeness (QED) is 0.764. The smallest absolute Gasteiger partial charge is 0.339 e. The Labute approximate surface area is 96.1 Å². The first-order valence-electron chi connectivity index (χ1n) is 4.05. The standard InChI is InChI=1S/C9H9F2NO3.ClH/c10-3-6(12)7-5(11)2-1-4(8(7)13)9(14)15;/h1-2,6,13H,3,12H2,(H,14,15);1H/t6-;/m1./s1. The molecular weight excluding hydrogens is 244 g/mol. The van der Waals surface area contributed by atoms with Crippen molar-refractivity contribution in [3.63, 3.8) is 0 Å². The van der Waals surface area contributed by atoms with Crippen LogP contribution >= 0.6 is 12.4 Å². The lowest BCUT2D eigenvalue weighted by atomic mass is 10.0. The molecule has 0 unspecified atom stereocenters. The number of carbonyl (C=O) groups is 1. The highest BCUT2D eigenvalue weighted by Gasteiger charge is 2.21. The van der Waals surface area contributed by atoms with Gasteiger partial charge in [0.25, 0.3) is 0 Å². The molecule has 4 nitrogen and oxygen atoms in total. The molecule has 90 valence electrons. The van der Waals surface area contributed by atoms with E-state index >= 15 is 0 Å². The van der Waals surface area contributed by atoms with E-state index in [1.54, 1.807) is 0 Å². The van der Waals surface area contributed by atoms with Gasteiger partial charge in [0.2, 0.25) is 0 Å². The fourth-order valence-electron chi connectivity index (χ4n) is 1.19. The van der Waals surface area contributed by atoms with Crippen molar-refractivity contribution in [3.05, 3.63) is 29.1 Å². The highest BCUT2D eigenvalue weighted by atomic mass is 35.5. The van der Waals surface area contributed by atoms with Gasteiger partial charge in [-0.3, -0.25) is 0 Å². The van der Waals surface area contributed by atoms with Crippen molar-refractivity contribution in [2.75, 3.05) is 6.67 Å². The largest absolute Gasteiger partial charge is 0.507 e. The van der Waals surface area contributed by atoms with Gasteiger partial charge >= 0.3 is 5.97 Å². The highest BCUT2D eigenvalue weighted by molar-refractivity contribution is 5.91. The number of hydrogen-bond acceptors (Lipinski definition) is 3. The molecule has 0 saturated carbocycles. The second-order valence-electron chi connectivity index (χ2n) is 2.92. The first kappa shape index (κ1) is 14.6. The van der Waals surface area contributed by atoms with Crippen LogP contribution in [0.3, 0.4) is 0 Å². The fourth-order valence-corrected chi connectivity index (χ4v) is 1.19. The first-order chi connectivity index (χ1) is 6.99. The molecule has 0 bridgehead atoms. The van der Waals surface area contributed by atoms with Crippen LogP contribution in [0, 0.1) is 5.82 Å².